The topological polar surface area (TPSA) is 83.8 Å². The van der Waals surface area contributed by atoms with Crippen molar-refractivity contribution in [3.8, 4) is 0 Å². The Kier molecular flexibility index (Phi) is 13.0. The minimum atomic E-state index is -1.00. The van der Waals surface area contributed by atoms with Crippen LogP contribution >= 0.6 is 0 Å². The number of aliphatic carboxylic acids is 1. The Balaban J connectivity index is 3.69. The molecule has 0 aliphatic rings. The van der Waals surface area contributed by atoms with Crippen LogP contribution in [0.2, 0.25) is 0 Å². The zero-order chi connectivity index (χ0) is 17.5. The molecule has 0 aliphatic heterocycles. The number of allylic oxidation sites excluding steroid dienone is 2. The number of aliphatic hydroxyl groups is 1. The van der Waals surface area contributed by atoms with E-state index in [2.05, 4.69) is 0 Å². The Morgan fingerprint density at radius 3 is 1.83 bits per heavy atom. The number of aliphatic hydroxyl groups excluding tert-OH is 1. The van der Waals surface area contributed by atoms with Gasteiger partial charge in [0.25, 0.3) is 0 Å². The van der Waals surface area contributed by atoms with Gasteiger partial charge in [0.15, 0.2) is 0 Å². The average molecular weight is 326 g/mol. The highest BCUT2D eigenvalue weighted by molar-refractivity contribution is 5.89. The van der Waals surface area contributed by atoms with E-state index in [1.54, 1.807) is 6.92 Å². The molecular weight excluding hydrogens is 296 g/mol. The van der Waals surface area contributed by atoms with Crippen LogP contribution in [0.4, 0.5) is 0 Å². The maximum absolute atomic E-state index is 11.7. The van der Waals surface area contributed by atoms with Crippen molar-refractivity contribution in [3.05, 3.63) is 23.3 Å². The van der Waals surface area contributed by atoms with Crippen molar-refractivity contribution in [2.75, 3.05) is 13.2 Å². The summed E-state index contributed by atoms with van der Waals surface area (Å²) in [6, 6.07) is 0. The number of carboxylic acid groups (broad SMARTS) is 1. The Labute approximate surface area is 139 Å². The summed E-state index contributed by atoms with van der Waals surface area (Å²) in [4.78, 5) is 22.3. The lowest BCUT2D eigenvalue weighted by Gasteiger charge is -2.05. The first-order valence-corrected chi connectivity index (χ1v) is 8.35. The van der Waals surface area contributed by atoms with Gasteiger partial charge in [0.2, 0.25) is 0 Å². The van der Waals surface area contributed by atoms with Crippen LogP contribution in [0, 0.1) is 0 Å². The fourth-order valence-corrected chi connectivity index (χ4v) is 1.94. The third kappa shape index (κ3) is 12.6. The normalized spacial score (nSPS) is 12.3. The molecule has 5 heteroatoms. The Hall–Kier alpha value is -1.62. The van der Waals surface area contributed by atoms with Gasteiger partial charge in [-0.25, -0.2) is 9.59 Å². The minimum absolute atomic E-state index is 0.177. The van der Waals surface area contributed by atoms with E-state index in [4.69, 9.17) is 14.9 Å². The van der Waals surface area contributed by atoms with Gasteiger partial charge in [0, 0.05) is 17.8 Å². The molecule has 0 fully saturated rings. The van der Waals surface area contributed by atoms with Gasteiger partial charge in [-0.05, 0) is 26.7 Å². The highest BCUT2D eigenvalue weighted by atomic mass is 16.5. The number of carbonyl (C=O) groups is 2. The first-order chi connectivity index (χ1) is 11.0. The number of carbonyl (C=O) groups excluding carboxylic acids is 1. The summed E-state index contributed by atoms with van der Waals surface area (Å²) >= 11 is 0. The van der Waals surface area contributed by atoms with Crippen LogP contribution in [-0.4, -0.2) is 35.4 Å². The standard InChI is InChI=1S/C18H30O5/c1-15(17(20)21)11-12-16(2)18(22)23-14-10-8-6-4-3-5-7-9-13-19/h11-12,19H,3-10,13-14H2,1-2H3,(H,20,21). The highest BCUT2D eigenvalue weighted by Crippen LogP contribution is 2.09. The molecule has 0 aromatic heterocycles. The van der Waals surface area contributed by atoms with Crippen molar-refractivity contribution in [3.63, 3.8) is 0 Å². The van der Waals surface area contributed by atoms with Gasteiger partial charge in [-0.15, -0.1) is 0 Å². The summed E-state index contributed by atoms with van der Waals surface area (Å²) < 4.78 is 5.14. The van der Waals surface area contributed by atoms with Gasteiger partial charge in [-0.3, -0.25) is 0 Å². The minimum Gasteiger partial charge on any atom is -0.478 e. The van der Waals surface area contributed by atoms with Crippen LogP contribution in [-0.2, 0) is 14.3 Å². The largest absolute Gasteiger partial charge is 0.478 e. The zero-order valence-electron chi connectivity index (χ0n) is 14.3. The third-order valence-corrected chi connectivity index (χ3v) is 3.53. The summed E-state index contributed by atoms with van der Waals surface area (Å²) in [6.45, 7) is 3.77. The Bertz CT molecular complexity index is 410. The van der Waals surface area contributed by atoms with Gasteiger partial charge in [0.05, 0.1) is 6.61 Å². The molecule has 2 N–H and O–H groups in total. The van der Waals surface area contributed by atoms with E-state index in [0.29, 0.717) is 12.2 Å². The molecule has 0 spiro atoms. The number of carboxylic acids is 1. The smallest absolute Gasteiger partial charge is 0.333 e. The molecule has 5 nitrogen and oxygen atoms in total. The van der Waals surface area contributed by atoms with Crippen LogP contribution in [0.25, 0.3) is 0 Å². The first kappa shape index (κ1) is 21.4. The number of rotatable bonds is 13. The molecule has 0 amide bonds. The molecule has 0 bridgehead atoms. The fraction of sp³-hybridized carbons (Fsp3) is 0.667. The van der Waals surface area contributed by atoms with Crippen molar-refractivity contribution in [2.24, 2.45) is 0 Å². The Morgan fingerprint density at radius 2 is 1.30 bits per heavy atom. The number of unbranched alkanes of at least 4 members (excludes halogenated alkanes) is 7. The predicted octanol–water partition coefficient (Wildman–Crippen LogP) is 3.62. The molecule has 132 valence electrons. The third-order valence-electron chi connectivity index (χ3n) is 3.53. The van der Waals surface area contributed by atoms with E-state index in [9.17, 15) is 9.59 Å². The summed E-state index contributed by atoms with van der Waals surface area (Å²) in [7, 11) is 0. The maximum Gasteiger partial charge on any atom is 0.333 e. The molecule has 0 rings (SSSR count). The second-order valence-corrected chi connectivity index (χ2v) is 5.69. The molecule has 0 radical (unpaired) electrons. The number of hydrogen-bond donors (Lipinski definition) is 2. The van der Waals surface area contributed by atoms with Gasteiger partial charge >= 0.3 is 11.9 Å². The number of hydrogen-bond acceptors (Lipinski definition) is 4. The van der Waals surface area contributed by atoms with Crippen LogP contribution in [0.15, 0.2) is 23.3 Å². The molecular formula is C18H30O5. The molecule has 0 unspecified atom stereocenters. The van der Waals surface area contributed by atoms with Gasteiger partial charge < -0.3 is 14.9 Å². The predicted molar refractivity (Wildman–Crippen MR) is 90.1 cm³/mol. The van der Waals surface area contributed by atoms with Crippen molar-refractivity contribution in [1.29, 1.82) is 0 Å². The van der Waals surface area contributed by atoms with E-state index in [1.165, 1.54) is 38.3 Å². The van der Waals surface area contributed by atoms with Crippen molar-refractivity contribution >= 4 is 11.9 Å². The quantitative estimate of drug-likeness (QED) is 0.234. The monoisotopic (exact) mass is 326 g/mol. The summed E-state index contributed by atoms with van der Waals surface area (Å²) in [6.07, 6.45) is 11.4. The average Bonchev–Trinajstić information content (AvgIpc) is 2.53. The molecule has 0 aliphatic carbocycles. The molecule has 0 saturated heterocycles. The second-order valence-electron chi connectivity index (χ2n) is 5.69. The summed E-state index contributed by atoms with van der Waals surface area (Å²) in [5.74, 6) is -1.40. The lowest BCUT2D eigenvalue weighted by Crippen LogP contribution is -2.07. The van der Waals surface area contributed by atoms with Gasteiger partial charge in [-0.1, -0.05) is 50.7 Å². The van der Waals surface area contributed by atoms with Crippen LogP contribution in [0.3, 0.4) is 0 Å². The fourth-order valence-electron chi connectivity index (χ4n) is 1.94. The van der Waals surface area contributed by atoms with E-state index < -0.39 is 11.9 Å². The zero-order valence-corrected chi connectivity index (χ0v) is 14.3. The SMILES string of the molecule is CC(=CC=C(C)C(=O)OCCCCCCCCCCO)C(=O)O. The van der Waals surface area contributed by atoms with Crippen molar-refractivity contribution < 1.29 is 24.5 Å². The van der Waals surface area contributed by atoms with Crippen LogP contribution in [0.1, 0.15) is 65.2 Å². The maximum atomic E-state index is 11.7. The summed E-state index contributed by atoms with van der Waals surface area (Å²) in [5, 5.41) is 17.4. The second kappa shape index (κ2) is 14.0. The van der Waals surface area contributed by atoms with Crippen molar-refractivity contribution in [1.82, 2.24) is 0 Å². The highest BCUT2D eigenvalue weighted by Gasteiger charge is 2.05. The Morgan fingerprint density at radius 1 is 0.826 bits per heavy atom. The van der Waals surface area contributed by atoms with E-state index in [1.807, 2.05) is 0 Å². The van der Waals surface area contributed by atoms with Gasteiger partial charge in [-0.2, -0.15) is 0 Å². The summed E-state index contributed by atoms with van der Waals surface area (Å²) in [5.41, 5.74) is 0.575. The van der Waals surface area contributed by atoms with E-state index >= 15 is 0 Å². The molecule has 0 atom stereocenters. The van der Waals surface area contributed by atoms with E-state index in [0.717, 1.165) is 32.1 Å². The van der Waals surface area contributed by atoms with Crippen molar-refractivity contribution in [2.45, 2.75) is 65.2 Å². The number of ether oxygens (including phenoxy) is 1. The van der Waals surface area contributed by atoms with Crippen LogP contribution in [0.5, 0.6) is 0 Å². The molecule has 23 heavy (non-hydrogen) atoms. The molecule has 0 aromatic carbocycles. The first-order valence-electron chi connectivity index (χ1n) is 8.35. The molecule has 0 heterocycles. The van der Waals surface area contributed by atoms with Crippen LogP contribution < -0.4 is 0 Å². The molecule has 0 saturated carbocycles. The lowest BCUT2D eigenvalue weighted by molar-refractivity contribution is -0.139. The molecule has 0 aromatic rings. The van der Waals surface area contributed by atoms with E-state index in [-0.39, 0.29) is 12.2 Å². The van der Waals surface area contributed by atoms with Gasteiger partial charge in [0.1, 0.15) is 0 Å². The lowest BCUT2D eigenvalue weighted by atomic mass is 10.1. The number of esters is 1.